The van der Waals surface area contributed by atoms with Crippen molar-refractivity contribution in [1.29, 1.82) is 0 Å². The number of ether oxygens (including phenoxy) is 2. The number of benzene rings is 2. The van der Waals surface area contributed by atoms with Gasteiger partial charge in [0.2, 0.25) is 0 Å². The molecule has 0 unspecified atom stereocenters. The van der Waals surface area contributed by atoms with Crippen LogP contribution in [0.3, 0.4) is 0 Å². The molecule has 0 radical (unpaired) electrons. The minimum Gasteiger partial charge on any atom is -0.497 e. The third kappa shape index (κ3) is 4.80. The molecule has 2 aliphatic rings. The van der Waals surface area contributed by atoms with Crippen molar-refractivity contribution in [3.63, 3.8) is 0 Å². The van der Waals surface area contributed by atoms with Crippen LogP contribution in [0.2, 0.25) is 36.3 Å². The Balaban J connectivity index is 2.00. The van der Waals surface area contributed by atoms with Crippen molar-refractivity contribution in [2.45, 2.75) is 96.1 Å². The van der Waals surface area contributed by atoms with Gasteiger partial charge in [0.15, 0.2) is 16.6 Å². The Kier molecular flexibility index (Phi) is 7.26. The van der Waals surface area contributed by atoms with Gasteiger partial charge in [-0.15, -0.1) is 0 Å². The molecule has 37 heavy (non-hydrogen) atoms. The first-order valence-electron chi connectivity index (χ1n) is 13.4. The maximum atomic E-state index is 7.29. The molecule has 0 amide bonds. The topological polar surface area (TPSA) is 36.9 Å². The summed E-state index contributed by atoms with van der Waals surface area (Å²) in [6.07, 6.45) is -0.568. The molecule has 0 aliphatic heterocycles. The van der Waals surface area contributed by atoms with Crippen molar-refractivity contribution < 1.29 is 18.3 Å². The maximum Gasteiger partial charge on any atom is 0.193 e. The van der Waals surface area contributed by atoms with Crippen LogP contribution in [0.25, 0.3) is 5.57 Å². The molecule has 2 aromatic carbocycles. The fraction of sp³-hybridized carbons (Fsp3) is 0.548. The Bertz CT molecular complexity index is 1200. The normalized spacial score (nSPS) is 22.0. The highest BCUT2D eigenvalue weighted by Gasteiger charge is 2.50. The van der Waals surface area contributed by atoms with Gasteiger partial charge < -0.3 is 18.3 Å². The van der Waals surface area contributed by atoms with E-state index < -0.39 is 16.6 Å². The summed E-state index contributed by atoms with van der Waals surface area (Å²) in [5.74, 6) is 0.835. The number of hydrogen-bond acceptors (Lipinski definition) is 4. The minimum absolute atomic E-state index is 0.0778. The summed E-state index contributed by atoms with van der Waals surface area (Å²) in [4.78, 5) is 0. The van der Waals surface area contributed by atoms with E-state index in [1.165, 1.54) is 27.8 Å². The van der Waals surface area contributed by atoms with Gasteiger partial charge in [0.05, 0.1) is 19.3 Å². The first-order chi connectivity index (χ1) is 17.0. The highest BCUT2D eigenvalue weighted by atomic mass is 28.4. The Morgan fingerprint density at radius 3 is 1.65 bits per heavy atom. The van der Waals surface area contributed by atoms with Crippen molar-refractivity contribution in [3.8, 4) is 5.75 Å². The molecule has 2 aliphatic carbocycles. The third-order valence-corrected chi connectivity index (χ3v) is 18.1. The Morgan fingerprint density at radius 2 is 1.16 bits per heavy atom. The lowest BCUT2D eigenvalue weighted by Gasteiger charge is -2.45. The van der Waals surface area contributed by atoms with Crippen molar-refractivity contribution in [2.75, 3.05) is 14.2 Å². The first-order valence-corrected chi connectivity index (χ1v) is 19.2. The van der Waals surface area contributed by atoms with Crippen molar-refractivity contribution in [2.24, 2.45) is 0 Å². The van der Waals surface area contributed by atoms with Gasteiger partial charge in [0, 0.05) is 12.7 Å². The SMILES string of the molecule is COc1ccc2c(c1)[C@H](OC)C1=C2[C@H](O[Si](C)(C)C(C)(C)C)c2ccccc2[C@@H]1O[Si](C)(C)C(C)(C)C. The molecule has 0 bridgehead atoms. The molecular weight excluding hydrogens is 493 g/mol. The monoisotopic (exact) mass is 538 g/mol. The molecule has 0 spiro atoms. The van der Waals surface area contributed by atoms with E-state index in [0.29, 0.717) is 0 Å². The van der Waals surface area contributed by atoms with Crippen LogP contribution >= 0.6 is 0 Å². The van der Waals surface area contributed by atoms with Gasteiger partial charge in [-0.25, -0.2) is 0 Å². The average molecular weight is 539 g/mol. The predicted molar refractivity (Wildman–Crippen MR) is 158 cm³/mol. The van der Waals surface area contributed by atoms with Gasteiger partial charge in [0.25, 0.3) is 0 Å². The molecule has 202 valence electrons. The molecule has 0 saturated carbocycles. The van der Waals surface area contributed by atoms with Crippen LogP contribution < -0.4 is 4.74 Å². The molecule has 0 aromatic heterocycles. The molecule has 0 N–H and O–H groups in total. The smallest absolute Gasteiger partial charge is 0.193 e. The molecular formula is C31H46O4Si2. The molecule has 6 heteroatoms. The van der Waals surface area contributed by atoms with E-state index in [-0.39, 0.29) is 28.4 Å². The quantitative estimate of drug-likeness (QED) is 0.344. The van der Waals surface area contributed by atoms with E-state index in [4.69, 9.17) is 18.3 Å². The summed E-state index contributed by atoms with van der Waals surface area (Å²) in [5.41, 5.74) is 7.15. The van der Waals surface area contributed by atoms with Crippen LogP contribution in [0.5, 0.6) is 5.75 Å². The van der Waals surface area contributed by atoms with Crippen molar-refractivity contribution in [1.82, 2.24) is 0 Å². The van der Waals surface area contributed by atoms with Crippen LogP contribution in [0, 0.1) is 0 Å². The maximum absolute atomic E-state index is 7.29. The number of fused-ring (bicyclic) bond motifs is 3. The summed E-state index contributed by atoms with van der Waals surface area (Å²) in [7, 11) is -0.732. The average Bonchev–Trinajstić information content (AvgIpc) is 3.13. The van der Waals surface area contributed by atoms with Crippen LogP contribution in [-0.2, 0) is 13.6 Å². The van der Waals surface area contributed by atoms with Gasteiger partial charge >= 0.3 is 0 Å². The molecule has 2 aromatic rings. The zero-order valence-electron chi connectivity index (χ0n) is 24.9. The van der Waals surface area contributed by atoms with E-state index in [1.807, 2.05) is 0 Å². The van der Waals surface area contributed by atoms with E-state index in [1.54, 1.807) is 14.2 Å². The highest BCUT2D eigenvalue weighted by molar-refractivity contribution is 6.74. The minimum atomic E-state index is -2.13. The molecule has 0 saturated heterocycles. The standard InChI is InChI=1S/C31H46O4Si2/c1-30(2,3)36(9,10)34-28-22-15-13-14-16-23(22)29(35-37(11,12)31(4,5)6)26-25(28)21-18-17-20(32-7)19-24(21)27(26)33-8/h13-19,27-29H,1-12H3/t27-,28+,29-/m0/s1. The summed E-state index contributed by atoms with van der Waals surface area (Å²) in [6, 6.07) is 15.1. The Morgan fingerprint density at radius 1 is 0.649 bits per heavy atom. The van der Waals surface area contributed by atoms with Crippen LogP contribution in [-0.4, -0.2) is 30.9 Å². The van der Waals surface area contributed by atoms with Crippen LogP contribution in [0.15, 0.2) is 48.0 Å². The fourth-order valence-corrected chi connectivity index (χ4v) is 7.31. The number of methoxy groups -OCH3 is 2. The predicted octanol–water partition coefficient (Wildman–Crippen LogP) is 8.99. The summed E-state index contributed by atoms with van der Waals surface area (Å²) in [6.45, 7) is 23.2. The Labute approximate surface area is 226 Å². The Hall–Kier alpha value is -1.71. The number of rotatable bonds is 6. The summed E-state index contributed by atoms with van der Waals surface area (Å²) in [5, 5.41) is 0.160. The lowest BCUT2D eigenvalue weighted by Crippen LogP contribution is -2.44. The van der Waals surface area contributed by atoms with E-state index >= 15 is 0 Å². The number of hydrogen-bond donors (Lipinski definition) is 0. The zero-order chi connectivity index (χ0) is 27.6. The molecule has 4 rings (SSSR count). The van der Waals surface area contributed by atoms with Crippen LogP contribution in [0.1, 0.15) is 82.1 Å². The van der Waals surface area contributed by atoms with Crippen molar-refractivity contribution >= 4 is 22.2 Å². The fourth-order valence-electron chi connectivity index (χ4n) is 4.92. The van der Waals surface area contributed by atoms with Crippen molar-refractivity contribution in [3.05, 3.63) is 70.3 Å². The van der Waals surface area contributed by atoms with Gasteiger partial charge in [-0.3, -0.25) is 0 Å². The molecule has 0 heterocycles. The molecule has 4 nitrogen and oxygen atoms in total. The van der Waals surface area contributed by atoms with Crippen LogP contribution in [0.4, 0.5) is 0 Å². The second-order valence-corrected chi connectivity index (χ2v) is 23.1. The lowest BCUT2D eigenvalue weighted by atomic mass is 9.81. The van der Waals surface area contributed by atoms with E-state index in [2.05, 4.69) is 110 Å². The van der Waals surface area contributed by atoms with Gasteiger partial charge in [-0.2, -0.15) is 0 Å². The second-order valence-electron chi connectivity index (χ2n) is 13.6. The van der Waals surface area contributed by atoms with Gasteiger partial charge in [-0.1, -0.05) is 71.9 Å². The lowest BCUT2D eigenvalue weighted by molar-refractivity contribution is 0.0999. The van der Waals surface area contributed by atoms with Gasteiger partial charge in [-0.05, 0) is 76.2 Å². The zero-order valence-corrected chi connectivity index (χ0v) is 26.9. The molecule has 0 fully saturated rings. The van der Waals surface area contributed by atoms with E-state index in [0.717, 1.165) is 11.3 Å². The largest absolute Gasteiger partial charge is 0.497 e. The first kappa shape index (κ1) is 28.3. The second kappa shape index (κ2) is 9.49. The summed E-state index contributed by atoms with van der Waals surface area (Å²) < 4.78 is 26.5. The molecule has 3 atom stereocenters. The highest BCUT2D eigenvalue weighted by Crippen LogP contribution is 2.60. The van der Waals surface area contributed by atoms with Gasteiger partial charge in [0.1, 0.15) is 11.9 Å². The summed E-state index contributed by atoms with van der Waals surface area (Å²) >= 11 is 0. The van der Waals surface area contributed by atoms with E-state index in [9.17, 15) is 0 Å². The third-order valence-electron chi connectivity index (χ3n) is 9.20.